The fourth-order valence-corrected chi connectivity index (χ4v) is 2.60. The molecule has 4 heteroatoms. The van der Waals surface area contributed by atoms with Crippen LogP contribution in [0.3, 0.4) is 0 Å². The third-order valence-electron chi connectivity index (χ3n) is 3.67. The molecule has 21 heavy (non-hydrogen) atoms. The lowest BCUT2D eigenvalue weighted by molar-refractivity contribution is 0.254. The molecule has 2 N–H and O–H groups in total. The van der Waals surface area contributed by atoms with E-state index in [1.54, 1.807) is 6.20 Å². The van der Waals surface area contributed by atoms with Gasteiger partial charge in [-0.15, -0.1) is 0 Å². The zero-order valence-electron chi connectivity index (χ0n) is 12.6. The minimum absolute atomic E-state index is 0.241. The highest BCUT2D eigenvalue weighted by Gasteiger charge is 2.10. The number of allylic oxidation sites excluding steroid dienone is 1. The summed E-state index contributed by atoms with van der Waals surface area (Å²) in [4.78, 5) is 11.9. The monoisotopic (exact) mass is 288 g/mol. The van der Waals surface area contributed by atoms with Crippen molar-refractivity contribution < 1.29 is 9.53 Å². The van der Waals surface area contributed by atoms with Crippen molar-refractivity contribution in [3.63, 3.8) is 0 Å². The molecule has 1 aliphatic rings. The molecule has 1 aromatic carbocycles. The van der Waals surface area contributed by atoms with Gasteiger partial charge in [-0.1, -0.05) is 37.5 Å². The van der Waals surface area contributed by atoms with E-state index in [0.717, 1.165) is 0 Å². The second-order valence-electron chi connectivity index (χ2n) is 5.28. The summed E-state index contributed by atoms with van der Waals surface area (Å²) >= 11 is 0. The topological polar surface area (TPSA) is 50.4 Å². The van der Waals surface area contributed by atoms with E-state index >= 15 is 0 Å². The number of rotatable bonds is 5. The number of carbonyl (C=O) groups is 1. The number of para-hydroxylation sites is 2. The van der Waals surface area contributed by atoms with Crippen molar-refractivity contribution in [3.05, 3.63) is 36.5 Å². The van der Waals surface area contributed by atoms with E-state index in [9.17, 15) is 4.79 Å². The van der Waals surface area contributed by atoms with Crippen LogP contribution in [0, 0.1) is 5.92 Å². The van der Waals surface area contributed by atoms with E-state index < -0.39 is 0 Å². The second-order valence-corrected chi connectivity index (χ2v) is 5.28. The summed E-state index contributed by atoms with van der Waals surface area (Å²) in [5.74, 6) is 1.29. The number of anilines is 1. The van der Waals surface area contributed by atoms with Crippen LogP contribution in [0.4, 0.5) is 10.5 Å². The fourth-order valence-electron chi connectivity index (χ4n) is 2.60. The third kappa shape index (κ3) is 5.14. The van der Waals surface area contributed by atoms with Crippen molar-refractivity contribution in [1.82, 2.24) is 5.32 Å². The maximum Gasteiger partial charge on any atom is 0.323 e. The predicted molar refractivity (Wildman–Crippen MR) is 85.5 cm³/mol. The van der Waals surface area contributed by atoms with Crippen LogP contribution >= 0.6 is 0 Å². The van der Waals surface area contributed by atoms with E-state index in [2.05, 4.69) is 16.7 Å². The number of nitrogens with one attached hydrogen (secondary N) is 2. The highest BCUT2D eigenvalue weighted by molar-refractivity contribution is 5.91. The maximum absolute atomic E-state index is 11.9. The normalized spacial score (nSPS) is 15.9. The minimum Gasteiger partial charge on any atom is -0.492 e. The average Bonchev–Trinajstić information content (AvgIpc) is 2.50. The molecule has 0 spiro atoms. The summed E-state index contributed by atoms with van der Waals surface area (Å²) < 4.78 is 5.48. The molecule has 0 saturated heterocycles. The van der Waals surface area contributed by atoms with Gasteiger partial charge < -0.3 is 15.4 Å². The van der Waals surface area contributed by atoms with Crippen LogP contribution in [-0.2, 0) is 0 Å². The molecule has 0 aromatic heterocycles. The standard InChI is InChI=1S/C17H24N2O2/c1-2-21-16-11-7-6-10-15(16)19-17(20)18-13-12-14-8-4-3-5-9-14/h6-7,10-14H,2-5,8-9H2,1H3,(H2,18,19,20)/b13-12+. The molecule has 0 bridgehead atoms. The van der Waals surface area contributed by atoms with E-state index in [0.29, 0.717) is 24.0 Å². The summed E-state index contributed by atoms with van der Waals surface area (Å²) in [7, 11) is 0. The Morgan fingerprint density at radius 1 is 1.29 bits per heavy atom. The zero-order chi connectivity index (χ0) is 14.9. The molecule has 2 amide bonds. The molecule has 1 fully saturated rings. The zero-order valence-corrected chi connectivity index (χ0v) is 12.6. The van der Waals surface area contributed by atoms with Gasteiger partial charge >= 0.3 is 6.03 Å². The molecule has 4 nitrogen and oxygen atoms in total. The molecule has 1 saturated carbocycles. The Kier molecular flexibility index (Phi) is 6.13. The quantitative estimate of drug-likeness (QED) is 0.848. The van der Waals surface area contributed by atoms with Crippen molar-refractivity contribution in [1.29, 1.82) is 0 Å². The number of urea groups is 1. The Balaban J connectivity index is 1.82. The van der Waals surface area contributed by atoms with Gasteiger partial charge in [-0.25, -0.2) is 4.79 Å². The molecule has 0 aliphatic heterocycles. The minimum atomic E-state index is -0.241. The van der Waals surface area contributed by atoms with Crippen LogP contribution in [0.2, 0.25) is 0 Å². The summed E-state index contributed by atoms with van der Waals surface area (Å²) in [6, 6.07) is 7.19. The number of benzene rings is 1. The molecule has 114 valence electrons. The van der Waals surface area contributed by atoms with Gasteiger partial charge in [0.05, 0.1) is 12.3 Å². The molecule has 1 aromatic rings. The number of carbonyl (C=O) groups excluding carboxylic acids is 1. The van der Waals surface area contributed by atoms with Gasteiger partial charge in [0, 0.05) is 6.20 Å². The van der Waals surface area contributed by atoms with Gasteiger partial charge in [-0.2, -0.15) is 0 Å². The summed E-state index contributed by atoms with van der Waals surface area (Å²) in [5, 5.41) is 5.57. The molecule has 0 atom stereocenters. The Bertz CT molecular complexity index is 479. The first-order valence-electron chi connectivity index (χ1n) is 7.75. The lowest BCUT2D eigenvalue weighted by atomic mass is 9.89. The first-order chi connectivity index (χ1) is 10.3. The Morgan fingerprint density at radius 3 is 2.81 bits per heavy atom. The number of amides is 2. The van der Waals surface area contributed by atoms with Gasteiger partial charge in [0.25, 0.3) is 0 Å². The van der Waals surface area contributed by atoms with E-state index in [-0.39, 0.29) is 6.03 Å². The molecule has 0 unspecified atom stereocenters. The van der Waals surface area contributed by atoms with Gasteiger partial charge in [-0.3, -0.25) is 0 Å². The van der Waals surface area contributed by atoms with Crippen LogP contribution in [0.5, 0.6) is 5.75 Å². The number of hydrogen-bond acceptors (Lipinski definition) is 2. The van der Waals surface area contributed by atoms with Crippen molar-refractivity contribution >= 4 is 11.7 Å². The summed E-state index contributed by atoms with van der Waals surface area (Å²) in [6.45, 7) is 2.49. The highest BCUT2D eigenvalue weighted by atomic mass is 16.5. The first-order valence-corrected chi connectivity index (χ1v) is 7.75. The largest absolute Gasteiger partial charge is 0.492 e. The van der Waals surface area contributed by atoms with Crippen molar-refractivity contribution in [2.75, 3.05) is 11.9 Å². The SMILES string of the molecule is CCOc1ccccc1NC(=O)N/C=C/C1CCCCC1. The maximum atomic E-state index is 11.9. The predicted octanol–water partition coefficient (Wildman–Crippen LogP) is 4.30. The lowest BCUT2D eigenvalue weighted by Crippen LogP contribution is -2.24. The second kappa shape index (κ2) is 8.35. The van der Waals surface area contributed by atoms with Gasteiger partial charge in [0.15, 0.2) is 0 Å². The van der Waals surface area contributed by atoms with Crippen LogP contribution in [0.1, 0.15) is 39.0 Å². The van der Waals surface area contributed by atoms with Crippen LogP contribution in [0.25, 0.3) is 0 Å². The van der Waals surface area contributed by atoms with Crippen LogP contribution < -0.4 is 15.4 Å². The fraction of sp³-hybridized carbons (Fsp3) is 0.471. The summed E-state index contributed by atoms with van der Waals surface area (Å²) in [5.41, 5.74) is 0.683. The van der Waals surface area contributed by atoms with Gasteiger partial charge in [0.2, 0.25) is 0 Å². The number of ether oxygens (including phenoxy) is 1. The van der Waals surface area contributed by atoms with Crippen LogP contribution in [-0.4, -0.2) is 12.6 Å². The Labute approximate surface area is 126 Å². The molecular weight excluding hydrogens is 264 g/mol. The van der Waals surface area contributed by atoms with Crippen molar-refractivity contribution in [2.24, 2.45) is 5.92 Å². The lowest BCUT2D eigenvalue weighted by Gasteiger charge is -2.17. The molecule has 1 aliphatic carbocycles. The van der Waals surface area contributed by atoms with Crippen molar-refractivity contribution in [2.45, 2.75) is 39.0 Å². The third-order valence-corrected chi connectivity index (χ3v) is 3.67. The Hall–Kier alpha value is -1.97. The molecular formula is C17H24N2O2. The highest BCUT2D eigenvalue weighted by Crippen LogP contribution is 2.24. The smallest absolute Gasteiger partial charge is 0.323 e. The Morgan fingerprint density at radius 2 is 2.05 bits per heavy atom. The van der Waals surface area contributed by atoms with E-state index in [1.807, 2.05) is 31.2 Å². The molecule has 2 rings (SSSR count). The number of hydrogen-bond donors (Lipinski definition) is 2. The van der Waals surface area contributed by atoms with Gasteiger partial charge in [-0.05, 0) is 37.8 Å². The first kappa shape index (κ1) is 15.4. The van der Waals surface area contributed by atoms with E-state index in [4.69, 9.17) is 4.74 Å². The molecule has 0 heterocycles. The van der Waals surface area contributed by atoms with E-state index in [1.165, 1.54) is 32.1 Å². The van der Waals surface area contributed by atoms with Crippen LogP contribution in [0.15, 0.2) is 36.5 Å². The summed E-state index contributed by atoms with van der Waals surface area (Å²) in [6.07, 6.45) is 10.3. The van der Waals surface area contributed by atoms with Gasteiger partial charge in [0.1, 0.15) is 5.75 Å². The average molecular weight is 288 g/mol. The van der Waals surface area contributed by atoms with Crippen molar-refractivity contribution in [3.8, 4) is 5.75 Å². The molecule has 0 radical (unpaired) electrons.